The van der Waals surface area contributed by atoms with Gasteiger partial charge in [-0.3, -0.25) is 4.79 Å². The molecule has 0 aliphatic carbocycles. The molecular weight excluding hydrogens is 250 g/mol. The Kier molecular flexibility index (Phi) is 4.32. The van der Waals surface area contributed by atoms with Crippen molar-refractivity contribution in [3.05, 3.63) is 29.5 Å². The zero-order chi connectivity index (χ0) is 12.8. The van der Waals surface area contributed by atoms with E-state index in [0.29, 0.717) is 28.8 Å². The van der Waals surface area contributed by atoms with E-state index in [1.165, 1.54) is 17.5 Å². The Hall–Kier alpha value is -1.86. The molecule has 94 valence electrons. The number of aromatic nitrogens is 3. The van der Waals surface area contributed by atoms with Crippen LogP contribution in [-0.2, 0) is 0 Å². The molecule has 0 aromatic carbocycles. The minimum absolute atomic E-state index is 0.136. The van der Waals surface area contributed by atoms with Gasteiger partial charge in [-0.15, -0.1) is 11.3 Å². The van der Waals surface area contributed by atoms with E-state index in [1.807, 2.05) is 0 Å². The van der Waals surface area contributed by atoms with Crippen molar-refractivity contribution in [3.63, 3.8) is 0 Å². The smallest absolute Gasteiger partial charge is 0.263 e. The van der Waals surface area contributed by atoms with Crippen molar-refractivity contribution in [1.82, 2.24) is 20.3 Å². The predicted molar refractivity (Wildman–Crippen MR) is 69.1 cm³/mol. The van der Waals surface area contributed by atoms with Gasteiger partial charge < -0.3 is 11.1 Å². The first-order valence-corrected chi connectivity index (χ1v) is 6.34. The Balaban J connectivity index is 2.04. The van der Waals surface area contributed by atoms with Crippen LogP contribution in [0.25, 0.3) is 10.8 Å². The van der Waals surface area contributed by atoms with Crippen molar-refractivity contribution >= 4 is 17.2 Å². The van der Waals surface area contributed by atoms with Gasteiger partial charge in [0.05, 0.1) is 6.20 Å². The summed E-state index contributed by atoms with van der Waals surface area (Å²) in [6, 6.07) is 1.73. The average molecular weight is 263 g/mol. The van der Waals surface area contributed by atoms with Crippen LogP contribution in [-0.4, -0.2) is 33.9 Å². The van der Waals surface area contributed by atoms with Crippen LogP contribution in [0.4, 0.5) is 0 Å². The second-order valence-corrected chi connectivity index (χ2v) is 4.53. The van der Waals surface area contributed by atoms with Gasteiger partial charge >= 0.3 is 0 Å². The molecule has 3 N–H and O–H groups in total. The summed E-state index contributed by atoms with van der Waals surface area (Å²) < 4.78 is 0. The van der Waals surface area contributed by atoms with Crippen LogP contribution in [0.5, 0.6) is 0 Å². The summed E-state index contributed by atoms with van der Waals surface area (Å²) in [5.41, 5.74) is 5.36. The fourth-order valence-electron chi connectivity index (χ4n) is 1.28. The molecule has 0 atom stereocenters. The zero-order valence-corrected chi connectivity index (χ0v) is 10.5. The third kappa shape index (κ3) is 3.08. The number of amides is 1. The van der Waals surface area contributed by atoms with Crippen molar-refractivity contribution in [3.8, 4) is 10.8 Å². The third-order valence-corrected chi connectivity index (χ3v) is 3.15. The molecule has 0 bridgehead atoms. The van der Waals surface area contributed by atoms with Gasteiger partial charge in [-0.2, -0.15) is 0 Å². The molecule has 0 aliphatic rings. The van der Waals surface area contributed by atoms with Crippen LogP contribution in [0.2, 0.25) is 0 Å². The molecule has 2 aromatic rings. The van der Waals surface area contributed by atoms with Crippen LogP contribution in [0, 0.1) is 0 Å². The van der Waals surface area contributed by atoms with Gasteiger partial charge in [-0.05, 0) is 19.0 Å². The van der Waals surface area contributed by atoms with Gasteiger partial charge in [0.25, 0.3) is 5.91 Å². The Morgan fingerprint density at radius 1 is 1.33 bits per heavy atom. The van der Waals surface area contributed by atoms with Crippen molar-refractivity contribution in [2.24, 2.45) is 5.73 Å². The molecule has 2 aromatic heterocycles. The summed E-state index contributed by atoms with van der Waals surface area (Å²) in [6.45, 7) is 1.14. The molecule has 2 heterocycles. The number of carbonyl (C=O) groups excluding carboxylic acids is 1. The molecule has 2 rings (SSSR count). The van der Waals surface area contributed by atoms with Gasteiger partial charge in [0.2, 0.25) is 0 Å². The molecule has 0 aliphatic heterocycles. The average Bonchev–Trinajstić information content (AvgIpc) is 2.89. The van der Waals surface area contributed by atoms with Gasteiger partial charge in [-0.25, -0.2) is 15.0 Å². The highest BCUT2D eigenvalue weighted by atomic mass is 32.1. The highest BCUT2D eigenvalue weighted by Crippen LogP contribution is 2.21. The minimum atomic E-state index is -0.136. The maximum Gasteiger partial charge on any atom is 0.263 e. The van der Waals surface area contributed by atoms with E-state index in [9.17, 15) is 4.79 Å². The highest BCUT2D eigenvalue weighted by Gasteiger charge is 2.12. The summed E-state index contributed by atoms with van der Waals surface area (Å²) in [4.78, 5) is 24.6. The van der Waals surface area contributed by atoms with Gasteiger partial charge in [0.1, 0.15) is 4.88 Å². The molecular formula is C11H13N5OS. The Morgan fingerprint density at radius 2 is 2.11 bits per heavy atom. The maximum absolute atomic E-state index is 11.7. The fourth-order valence-corrected chi connectivity index (χ4v) is 2.06. The lowest BCUT2D eigenvalue weighted by atomic mass is 10.4. The molecule has 7 heteroatoms. The third-order valence-electron chi connectivity index (χ3n) is 2.15. The summed E-state index contributed by atoms with van der Waals surface area (Å²) in [7, 11) is 0. The summed E-state index contributed by atoms with van der Waals surface area (Å²) in [5, 5.41) is 3.41. The van der Waals surface area contributed by atoms with Crippen LogP contribution >= 0.6 is 11.3 Å². The maximum atomic E-state index is 11.7. The number of hydrogen-bond donors (Lipinski definition) is 2. The van der Waals surface area contributed by atoms with Gasteiger partial charge in [-0.1, -0.05) is 0 Å². The Bertz CT molecular complexity index is 513. The number of carbonyl (C=O) groups is 1. The first kappa shape index (κ1) is 12.6. The monoisotopic (exact) mass is 263 g/mol. The van der Waals surface area contributed by atoms with E-state index in [4.69, 9.17) is 5.73 Å². The van der Waals surface area contributed by atoms with E-state index in [2.05, 4.69) is 20.3 Å². The number of rotatable bonds is 5. The van der Waals surface area contributed by atoms with E-state index in [-0.39, 0.29) is 5.91 Å². The second-order valence-electron chi connectivity index (χ2n) is 3.50. The van der Waals surface area contributed by atoms with E-state index >= 15 is 0 Å². The number of nitrogens with two attached hydrogens (primary N) is 1. The van der Waals surface area contributed by atoms with Gasteiger partial charge in [0.15, 0.2) is 10.8 Å². The summed E-state index contributed by atoms with van der Waals surface area (Å²) >= 11 is 1.27. The predicted octanol–water partition coefficient (Wildman–Crippen LogP) is 0.679. The molecule has 0 fully saturated rings. The molecule has 0 unspecified atom stereocenters. The summed E-state index contributed by atoms with van der Waals surface area (Å²) in [5.74, 6) is 0.395. The van der Waals surface area contributed by atoms with Crippen molar-refractivity contribution in [2.75, 3.05) is 13.1 Å². The fraction of sp³-hybridized carbons (Fsp3) is 0.273. The second kappa shape index (κ2) is 6.18. The minimum Gasteiger partial charge on any atom is -0.351 e. The molecule has 0 saturated heterocycles. The van der Waals surface area contributed by atoms with Crippen molar-refractivity contribution in [2.45, 2.75) is 6.42 Å². The number of hydrogen-bond acceptors (Lipinski definition) is 6. The first-order chi connectivity index (χ1) is 8.81. The van der Waals surface area contributed by atoms with Crippen molar-refractivity contribution in [1.29, 1.82) is 0 Å². The Morgan fingerprint density at radius 3 is 2.83 bits per heavy atom. The zero-order valence-electron chi connectivity index (χ0n) is 9.67. The number of thiazole rings is 1. The van der Waals surface area contributed by atoms with Crippen LogP contribution < -0.4 is 11.1 Å². The highest BCUT2D eigenvalue weighted by molar-refractivity contribution is 7.16. The molecule has 0 spiro atoms. The molecule has 18 heavy (non-hydrogen) atoms. The molecule has 0 radical (unpaired) electrons. The lowest BCUT2D eigenvalue weighted by molar-refractivity contribution is 0.0957. The standard InChI is InChI=1S/C11H13N5OS/c12-3-1-4-15-10(17)8-7-16-11(18-8)9-13-5-2-6-14-9/h2,5-7H,1,3-4,12H2,(H,15,17). The molecule has 6 nitrogen and oxygen atoms in total. The molecule has 1 amide bonds. The van der Waals surface area contributed by atoms with Crippen LogP contribution in [0.1, 0.15) is 16.1 Å². The van der Waals surface area contributed by atoms with E-state index in [1.54, 1.807) is 18.5 Å². The lowest BCUT2D eigenvalue weighted by Crippen LogP contribution is -2.25. The largest absolute Gasteiger partial charge is 0.351 e. The summed E-state index contributed by atoms with van der Waals surface area (Å²) in [6.07, 6.45) is 5.59. The Labute approximate surface area is 108 Å². The van der Waals surface area contributed by atoms with Crippen molar-refractivity contribution < 1.29 is 4.79 Å². The topological polar surface area (TPSA) is 93.8 Å². The van der Waals surface area contributed by atoms with E-state index in [0.717, 1.165) is 6.42 Å². The number of nitrogens with one attached hydrogen (secondary N) is 1. The van der Waals surface area contributed by atoms with Gasteiger partial charge in [0, 0.05) is 18.9 Å². The molecule has 0 saturated carbocycles. The normalized spacial score (nSPS) is 10.3. The SMILES string of the molecule is NCCCNC(=O)c1cnc(-c2ncccn2)s1. The van der Waals surface area contributed by atoms with Crippen LogP contribution in [0.15, 0.2) is 24.7 Å². The number of nitrogens with zero attached hydrogens (tertiary/aromatic N) is 3. The quantitative estimate of drug-likeness (QED) is 0.774. The first-order valence-electron chi connectivity index (χ1n) is 5.52. The van der Waals surface area contributed by atoms with E-state index < -0.39 is 0 Å². The lowest BCUT2D eigenvalue weighted by Gasteiger charge is -2.00. The van der Waals surface area contributed by atoms with Crippen LogP contribution in [0.3, 0.4) is 0 Å².